The number of nitro groups is 1. The van der Waals surface area contributed by atoms with Gasteiger partial charge in [0.1, 0.15) is 0 Å². The normalized spacial score (nSPS) is 10.2. The van der Waals surface area contributed by atoms with Gasteiger partial charge in [-0.3, -0.25) is 10.1 Å². The molecule has 98 valence electrons. The first-order valence-corrected chi connectivity index (χ1v) is 6.11. The highest BCUT2D eigenvalue weighted by Gasteiger charge is 2.05. The molecule has 0 bridgehead atoms. The number of hydrogen-bond donors (Lipinski definition) is 1. The Bertz CT molecular complexity index is 571. The van der Waals surface area contributed by atoms with Crippen LogP contribution in [0.25, 0.3) is 0 Å². The average Bonchev–Trinajstić information content (AvgIpc) is 2.38. The number of anilines is 1. The Balaban J connectivity index is 2.08. The minimum atomic E-state index is -0.394. The van der Waals surface area contributed by atoms with Gasteiger partial charge in [0.2, 0.25) is 0 Å². The number of non-ortho nitro benzene ring substituents is 1. The van der Waals surface area contributed by atoms with Gasteiger partial charge in [0.05, 0.1) is 4.92 Å². The maximum absolute atomic E-state index is 10.6. The largest absolute Gasteiger partial charge is 0.381 e. The van der Waals surface area contributed by atoms with Gasteiger partial charge in [0, 0.05) is 24.4 Å². The third-order valence-electron chi connectivity index (χ3n) is 3.19. The van der Waals surface area contributed by atoms with Gasteiger partial charge < -0.3 is 5.32 Å². The van der Waals surface area contributed by atoms with Gasteiger partial charge in [-0.25, -0.2) is 0 Å². The van der Waals surface area contributed by atoms with Crippen LogP contribution in [0.4, 0.5) is 11.4 Å². The van der Waals surface area contributed by atoms with Crippen molar-refractivity contribution in [1.29, 1.82) is 0 Å². The SMILES string of the molecule is Cc1cccc(C)c1CNc1ccc([N+](=O)[O-])cc1. The first kappa shape index (κ1) is 13.1. The van der Waals surface area contributed by atoms with Gasteiger partial charge in [0.25, 0.3) is 5.69 Å². The van der Waals surface area contributed by atoms with E-state index in [0.29, 0.717) is 0 Å². The third-order valence-corrected chi connectivity index (χ3v) is 3.19. The Morgan fingerprint density at radius 3 is 2.16 bits per heavy atom. The zero-order valence-electron chi connectivity index (χ0n) is 11.0. The maximum Gasteiger partial charge on any atom is 0.269 e. The summed E-state index contributed by atoms with van der Waals surface area (Å²) < 4.78 is 0. The first-order valence-electron chi connectivity index (χ1n) is 6.11. The second kappa shape index (κ2) is 5.52. The second-order valence-electron chi connectivity index (χ2n) is 4.53. The molecule has 0 aliphatic carbocycles. The van der Waals surface area contributed by atoms with Crippen molar-refractivity contribution in [2.45, 2.75) is 20.4 Å². The number of nitrogens with one attached hydrogen (secondary N) is 1. The molecule has 2 aromatic rings. The molecule has 0 spiro atoms. The van der Waals surface area contributed by atoms with Crippen molar-refractivity contribution in [1.82, 2.24) is 0 Å². The molecule has 0 fully saturated rings. The van der Waals surface area contributed by atoms with Crippen LogP contribution >= 0.6 is 0 Å². The molecule has 0 aliphatic heterocycles. The molecule has 4 heteroatoms. The number of rotatable bonds is 4. The van der Waals surface area contributed by atoms with Crippen LogP contribution in [-0.4, -0.2) is 4.92 Å². The molecule has 0 saturated heterocycles. The zero-order valence-corrected chi connectivity index (χ0v) is 11.0. The van der Waals surface area contributed by atoms with Crippen molar-refractivity contribution in [2.75, 3.05) is 5.32 Å². The van der Waals surface area contributed by atoms with Gasteiger partial charge in [-0.15, -0.1) is 0 Å². The Kier molecular flexibility index (Phi) is 3.80. The van der Waals surface area contributed by atoms with Gasteiger partial charge in [-0.1, -0.05) is 18.2 Å². The van der Waals surface area contributed by atoms with E-state index in [2.05, 4.69) is 31.3 Å². The van der Waals surface area contributed by atoms with Crippen molar-refractivity contribution in [3.8, 4) is 0 Å². The number of nitrogens with zero attached hydrogens (tertiary/aromatic N) is 1. The number of hydrogen-bond acceptors (Lipinski definition) is 3. The number of aryl methyl sites for hydroxylation is 2. The lowest BCUT2D eigenvalue weighted by Crippen LogP contribution is -2.03. The quantitative estimate of drug-likeness (QED) is 0.668. The number of benzene rings is 2. The lowest BCUT2D eigenvalue weighted by Gasteiger charge is -2.11. The van der Waals surface area contributed by atoms with E-state index in [9.17, 15) is 10.1 Å². The van der Waals surface area contributed by atoms with Crippen LogP contribution in [0.15, 0.2) is 42.5 Å². The van der Waals surface area contributed by atoms with Crippen molar-refractivity contribution < 1.29 is 4.92 Å². The molecule has 4 nitrogen and oxygen atoms in total. The summed E-state index contributed by atoms with van der Waals surface area (Å²) in [6.45, 7) is 4.88. The first-order chi connectivity index (χ1) is 9.08. The van der Waals surface area contributed by atoms with Crippen LogP contribution < -0.4 is 5.32 Å². The van der Waals surface area contributed by atoms with E-state index in [4.69, 9.17) is 0 Å². The molecule has 0 saturated carbocycles. The lowest BCUT2D eigenvalue weighted by atomic mass is 10.0. The fourth-order valence-electron chi connectivity index (χ4n) is 2.02. The minimum absolute atomic E-state index is 0.109. The Labute approximate surface area is 112 Å². The molecule has 2 rings (SSSR count). The van der Waals surface area contributed by atoms with Crippen LogP contribution in [-0.2, 0) is 6.54 Å². The summed E-state index contributed by atoms with van der Waals surface area (Å²) >= 11 is 0. The van der Waals surface area contributed by atoms with Crippen molar-refractivity contribution in [3.63, 3.8) is 0 Å². The van der Waals surface area contributed by atoms with Gasteiger partial charge in [0.15, 0.2) is 0 Å². The molecule has 0 unspecified atom stereocenters. The summed E-state index contributed by atoms with van der Waals surface area (Å²) in [6.07, 6.45) is 0. The molecular formula is C15H16N2O2. The molecule has 0 aromatic heterocycles. The monoisotopic (exact) mass is 256 g/mol. The van der Waals surface area contributed by atoms with E-state index in [-0.39, 0.29) is 5.69 Å². The van der Waals surface area contributed by atoms with Crippen LogP contribution in [0.2, 0.25) is 0 Å². The third kappa shape index (κ3) is 3.10. The van der Waals surface area contributed by atoms with Gasteiger partial charge in [-0.05, 0) is 42.7 Å². The van der Waals surface area contributed by atoms with Crippen molar-refractivity contribution in [2.24, 2.45) is 0 Å². The molecule has 0 heterocycles. The predicted molar refractivity (Wildman–Crippen MR) is 76.3 cm³/mol. The lowest BCUT2D eigenvalue weighted by molar-refractivity contribution is -0.384. The number of nitro benzene ring substituents is 1. The molecular weight excluding hydrogens is 240 g/mol. The molecule has 1 N–H and O–H groups in total. The van der Waals surface area contributed by atoms with E-state index in [1.807, 2.05) is 6.07 Å². The Hall–Kier alpha value is -2.36. The van der Waals surface area contributed by atoms with Gasteiger partial charge >= 0.3 is 0 Å². The topological polar surface area (TPSA) is 55.2 Å². The molecule has 19 heavy (non-hydrogen) atoms. The van der Waals surface area contributed by atoms with E-state index in [1.54, 1.807) is 12.1 Å². The summed E-state index contributed by atoms with van der Waals surface area (Å²) in [6, 6.07) is 12.7. The zero-order chi connectivity index (χ0) is 13.8. The smallest absolute Gasteiger partial charge is 0.269 e. The van der Waals surface area contributed by atoms with E-state index in [1.165, 1.54) is 28.8 Å². The van der Waals surface area contributed by atoms with Crippen molar-refractivity contribution in [3.05, 3.63) is 69.3 Å². The second-order valence-corrected chi connectivity index (χ2v) is 4.53. The molecule has 0 radical (unpaired) electrons. The summed E-state index contributed by atoms with van der Waals surface area (Å²) in [5.41, 5.74) is 4.75. The Morgan fingerprint density at radius 2 is 1.63 bits per heavy atom. The summed E-state index contributed by atoms with van der Waals surface area (Å²) in [5.74, 6) is 0. The highest BCUT2D eigenvalue weighted by atomic mass is 16.6. The van der Waals surface area contributed by atoms with E-state index < -0.39 is 4.92 Å². The summed E-state index contributed by atoms with van der Waals surface area (Å²) in [4.78, 5) is 10.2. The fraction of sp³-hybridized carbons (Fsp3) is 0.200. The molecule has 0 atom stereocenters. The molecule has 0 amide bonds. The summed E-state index contributed by atoms with van der Waals surface area (Å²) in [7, 11) is 0. The average molecular weight is 256 g/mol. The van der Waals surface area contributed by atoms with Crippen LogP contribution in [0.1, 0.15) is 16.7 Å². The molecule has 0 aliphatic rings. The molecule has 2 aromatic carbocycles. The van der Waals surface area contributed by atoms with Crippen LogP contribution in [0, 0.1) is 24.0 Å². The predicted octanol–water partition coefficient (Wildman–Crippen LogP) is 3.82. The van der Waals surface area contributed by atoms with E-state index in [0.717, 1.165) is 12.2 Å². The van der Waals surface area contributed by atoms with Crippen LogP contribution in [0.3, 0.4) is 0 Å². The van der Waals surface area contributed by atoms with E-state index >= 15 is 0 Å². The maximum atomic E-state index is 10.6. The fourth-order valence-corrected chi connectivity index (χ4v) is 2.02. The van der Waals surface area contributed by atoms with Gasteiger partial charge in [-0.2, -0.15) is 0 Å². The standard InChI is InChI=1S/C15H16N2O2/c1-11-4-3-5-12(2)15(11)10-16-13-6-8-14(9-7-13)17(18)19/h3-9,16H,10H2,1-2H3. The van der Waals surface area contributed by atoms with Crippen molar-refractivity contribution >= 4 is 11.4 Å². The highest BCUT2D eigenvalue weighted by Crippen LogP contribution is 2.18. The Morgan fingerprint density at radius 1 is 1.05 bits per heavy atom. The highest BCUT2D eigenvalue weighted by molar-refractivity contribution is 5.49. The summed E-state index contributed by atoms with van der Waals surface area (Å²) in [5, 5.41) is 13.9. The van der Waals surface area contributed by atoms with Crippen LogP contribution in [0.5, 0.6) is 0 Å². The minimum Gasteiger partial charge on any atom is -0.381 e.